The van der Waals surface area contributed by atoms with Gasteiger partial charge in [-0.3, -0.25) is 20.3 Å². The number of amides is 2. The predicted octanol–water partition coefficient (Wildman–Crippen LogP) is -0.138. The van der Waals surface area contributed by atoms with E-state index < -0.39 is 5.91 Å². The summed E-state index contributed by atoms with van der Waals surface area (Å²) >= 11 is 0. The van der Waals surface area contributed by atoms with Crippen molar-refractivity contribution in [1.82, 2.24) is 15.6 Å². The Kier molecular flexibility index (Phi) is 6.37. The number of likely N-dealkylation sites (tertiary alicyclic amines) is 1. The molecule has 2 rings (SSSR count). The van der Waals surface area contributed by atoms with Crippen molar-refractivity contribution < 1.29 is 9.59 Å². The van der Waals surface area contributed by atoms with Crippen molar-refractivity contribution in [2.45, 2.75) is 32.2 Å². The number of guanidine groups is 1. The van der Waals surface area contributed by atoms with Gasteiger partial charge in [0.1, 0.15) is 0 Å². The maximum Gasteiger partial charge on any atom is 0.258 e. The Bertz CT molecular complexity index is 717. The predicted molar refractivity (Wildman–Crippen MR) is 94.8 cm³/mol. The van der Waals surface area contributed by atoms with Crippen LogP contribution in [-0.2, 0) is 4.79 Å². The van der Waals surface area contributed by atoms with E-state index in [1.165, 1.54) is 0 Å². The number of nitrogens with two attached hydrogens (primary N) is 2. The molecule has 1 fully saturated rings. The van der Waals surface area contributed by atoms with Gasteiger partial charge in [0, 0.05) is 24.1 Å². The number of nitrogens with zero attached hydrogens (tertiary/aromatic N) is 2. The number of hydrazone groups is 1. The molecule has 2 amide bonds. The number of carbonyl (C=O) groups is 2. The second-order valence-corrected chi connectivity index (χ2v) is 5.52. The molecular weight excluding hydrogens is 320 g/mol. The van der Waals surface area contributed by atoms with E-state index in [2.05, 4.69) is 27.7 Å². The summed E-state index contributed by atoms with van der Waals surface area (Å²) in [6.07, 6.45) is 2.37. The van der Waals surface area contributed by atoms with Crippen molar-refractivity contribution >= 4 is 17.8 Å². The van der Waals surface area contributed by atoms with Gasteiger partial charge in [0.25, 0.3) is 5.91 Å². The van der Waals surface area contributed by atoms with E-state index in [9.17, 15) is 9.59 Å². The molecule has 0 bridgehead atoms. The Labute approximate surface area is 146 Å². The number of carbonyl (C=O) groups excluding carboxylic acids is 2. The summed E-state index contributed by atoms with van der Waals surface area (Å²) < 4.78 is 0. The van der Waals surface area contributed by atoms with Gasteiger partial charge in [-0.25, -0.2) is 5.84 Å². The lowest BCUT2D eigenvalue weighted by Crippen LogP contribution is -2.45. The van der Waals surface area contributed by atoms with Crippen molar-refractivity contribution in [1.29, 1.82) is 0 Å². The van der Waals surface area contributed by atoms with Gasteiger partial charge in [0.2, 0.25) is 11.9 Å². The van der Waals surface area contributed by atoms with E-state index in [0.717, 1.165) is 24.9 Å². The molecule has 1 unspecified atom stereocenters. The second-order valence-electron chi connectivity index (χ2n) is 5.52. The molecule has 0 aromatic heterocycles. The fourth-order valence-corrected chi connectivity index (χ4v) is 2.58. The first kappa shape index (κ1) is 18.3. The molecular formula is C17H22N6O2. The summed E-state index contributed by atoms with van der Waals surface area (Å²) in [6.45, 7) is 2.63. The summed E-state index contributed by atoms with van der Waals surface area (Å²) in [4.78, 5) is 25.7. The molecule has 8 nitrogen and oxygen atoms in total. The number of hydrogen-bond donors (Lipinski definition) is 4. The maximum absolute atomic E-state index is 12.0. The van der Waals surface area contributed by atoms with Crippen LogP contribution in [0.4, 0.5) is 0 Å². The minimum absolute atomic E-state index is 0.0317. The van der Waals surface area contributed by atoms with Crippen LogP contribution in [0.3, 0.4) is 0 Å². The smallest absolute Gasteiger partial charge is 0.258 e. The normalized spacial score (nSPS) is 16.8. The molecule has 25 heavy (non-hydrogen) atoms. The fourth-order valence-electron chi connectivity index (χ4n) is 2.58. The molecule has 8 heteroatoms. The summed E-state index contributed by atoms with van der Waals surface area (Å²) in [6, 6.07) is 6.76. The Morgan fingerprint density at radius 3 is 2.68 bits per heavy atom. The first-order chi connectivity index (χ1) is 12.1. The van der Waals surface area contributed by atoms with E-state index in [-0.39, 0.29) is 17.9 Å². The highest BCUT2D eigenvalue weighted by atomic mass is 16.2. The van der Waals surface area contributed by atoms with Gasteiger partial charge >= 0.3 is 0 Å². The number of benzene rings is 1. The molecule has 1 atom stereocenters. The summed E-state index contributed by atoms with van der Waals surface area (Å²) in [5.74, 6) is 16.2. The van der Waals surface area contributed by atoms with E-state index in [1.807, 2.05) is 11.8 Å². The molecule has 0 radical (unpaired) electrons. The van der Waals surface area contributed by atoms with Gasteiger partial charge in [-0.15, -0.1) is 5.10 Å². The third-order valence-corrected chi connectivity index (χ3v) is 3.90. The molecule has 1 aromatic rings. The topological polar surface area (TPSA) is 126 Å². The largest absolute Gasteiger partial charge is 0.329 e. The minimum atomic E-state index is -0.392. The fraction of sp³-hybridized carbons (Fsp3) is 0.353. The lowest BCUT2D eigenvalue weighted by atomic mass is 10.1. The monoisotopic (exact) mass is 342 g/mol. The minimum Gasteiger partial charge on any atom is -0.329 e. The van der Waals surface area contributed by atoms with E-state index in [0.29, 0.717) is 12.0 Å². The highest BCUT2D eigenvalue weighted by Gasteiger charge is 2.25. The molecule has 0 aliphatic carbocycles. The maximum atomic E-state index is 12.0. The summed E-state index contributed by atoms with van der Waals surface area (Å²) in [5.41, 5.74) is 3.37. The molecule has 132 valence electrons. The van der Waals surface area contributed by atoms with Crippen molar-refractivity contribution in [3.63, 3.8) is 0 Å². The van der Waals surface area contributed by atoms with Crippen LogP contribution < -0.4 is 22.4 Å². The van der Waals surface area contributed by atoms with E-state index in [1.54, 1.807) is 24.3 Å². The van der Waals surface area contributed by atoms with Gasteiger partial charge in [-0.2, -0.15) is 0 Å². The number of hydrazine groups is 1. The molecule has 0 saturated carbocycles. The standard InChI is InChI=1S/C17H22N6O2/c1-2-15(24)23-11-3-4-14(23)10-7-12-5-8-13(9-6-12)16(25)20-17(21-18)22-19/h5-6,8-9,14H,2-4,11,18-19H2,1H3,(H2,20,21,22,25). The van der Waals surface area contributed by atoms with Crippen LogP contribution in [0.5, 0.6) is 0 Å². The Morgan fingerprint density at radius 1 is 1.36 bits per heavy atom. The van der Waals surface area contributed by atoms with Crippen LogP contribution >= 0.6 is 0 Å². The number of hydrogen-bond acceptors (Lipinski definition) is 5. The van der Waals surface area contributed by atoms with Crippen molar-refractivity contribution in [3.05, 3.63) is 35.4 Å². The quantitative estimate of drug-likeness (QED) is 0.196. The molecule has 0 spiro atoms. The summed E-state index contributed by atoms with van der Waals surface area (Å²) in [5, 5.41) is 5.71. The summed E-state index contributed by atoms with van der Waals surface area (Å²) in [7, 11) is 0. The van der Waals surface area contributed by atoms with Crippen LogP contribution in [0.25, 0.3) is 0 Å². The zero-order chi connectivity index (χ0) is 18.2. The first-order valence-electron chi connectivity index (χ1n) is 8.06. The van der Waals surface area contributed by atoms with Gasteiger partial charge < -0.3 is 10.7 Å². The Morgan fingerprint density at radius 2 is 2.08 bits per heavy atom. The van der Waals surface area contributed by atoms with Crippen LogP contribution in [0, 0.1) is 11.8 Å². The average Bonchev–Trinajstić information content (AvgIpc) is 3.12. The van der Waals surface area contributed by atoms with Crippen LogP contribution in [0.2, 0.25) is 0 Å². The Hall–Kier alpha value is -3.05. The lowest BCUT2D eigenvalue weighted by Gasteiger charge is -2.19. The second kappa shape index (κ2) is 8.70. The zero-order valence-electron chi connectivity index (χ0n) is 14.1. The first-order valence-corrected chi connectivity index (χ1v) is 8.06. The Balaban J connectivity index is 2.04. The van der Waals surface area contributed by atoms with Crippen molar-refractivity contribution in [2.75, 3.05) is 6.54 Å². The third kappa shape index (κ3) is 4.71. The molecule has 1 aliphatic rings. The molecule has 1 heterocycles. The van der Waals surface area contributed by atoms with Gasteiger partial charge in [-0.1, -0.05) is 18.8 Å². The molecule has 1 aliphatic heterocycles. The zero-order valence-corrected chi connectivity index (χ0v) is 14.1. The van der Waals surface area contributed by atoms with E-state index >= 15 is 0 Å². The number of nitrogens with one attached hydrogen (secondary N) is 2. The van der Waals surface area contributed by atoms with E-state index in [4.69, 9.17) is 11.7 Å². The van der Waals surface area contributed by atoms with Crippen molar-refractivity contribution in [3.8, 4) is 11.8 Å². The van der Waals surface area contributed by atoms with Crippen LogP contribution in [0.1, 0.15) is 42.1 Å². The highest BCUT2D eigenvalue weighted by molar-refractivity contribution is 6.05. The van der Waals surface area contributed by atoms with Gasteiger partial charge in [0.15, 0.2) is 0 Å². The molecule has 6 N–H and O–H groups in total. The number of rotatable bonds is 2. The molecule has 1 aromatic carbocycles. The highest BCUT2D eigenvalue weighted by Crippen LogP contribution is 2.17. The van der Waals surface area contributed by atoms with Crippen LogP contribution in [0.15, 0.2) is 29.4 Å². The average molecular weight is 342 g/mol. The van der Waals surface area contributed by atoms with Crippen molar-refractivity contribution in [2.24, 2.45) is 16.8 Å². The third-order valence-electron chi connectivity index (χ3n) is 3.90. The van der Waals surface area contributed by atoms with Gasteiger partial charge in [-0.05, 0) is 37.1 Å². The lowest BCUT2D eigenvalue weighted by molar-refractivity contribution is -0.130. The SMILES string of the molecule is CCC(=O)N1CCCC1C#Cc1ccc(C(=O)N/C(=N/N)NN)cc1. The van der Waals surface area contributed by atoms with Crippen LogP contribution in [-0.4, -0.2) is 35.3 Å². The molecule has 1 saturated heterocycles. The van der Waals surface area contributed by atoms with Gasteiger partial charge in [0.05, 0.1) is 6.04 Å².